The number of aromatic nitrogens is 1. The minimum absolute atomic E-state index is 0.162. The van der Waals surface area contributed by atoms with Crippen molar-refractivity contribution in [1.82, 2.24) is 15.1 Å². The maximum absolute atomic E-state index is 6.44. The highest BCUT2D eigenvalue weighted by Crippen LogP contribution is 2.26. The van der Waals surface area contributed by atoms with Crippen LogP contribution < -0.4 is 27.9 Å². The van der Waals surface area contributed by atoms with Crippen molar-refractivity contribution in [3.05, 3.63) is 65.1 Å². The number of hydrazine groups is 2. The second-order valence-corrected chi connectivity index (χ2v) is 8.48. The molecule has 0 atom stereocenters. The molecule has 1 aromatic heterocycles. The fraction of sp³-hybridized carbons (Fsp3) is 0.417. The van der Waals surface area contributed by atoms with Crippen molar-refractivity contribution in [1.29, 1.82) is 0 Å². The van der Waals surface area contributed by atoms with Crippen LogP contribution in [0.3, 0.4) is 0 Å². The largest absolute Gasteiger partial charge is 0.489 e. The smallest absolute Gasteiger partial charge is 0.140 e. The lowest BCUT2D eigenvalue weighted by Crippen LogP contribution is -2.38. The lowest BCUT2D eigenvalue weighted by molar-refractivity contribution is 0.153. The van der Waals surface area contributed by atoms with Gasteiger partial charge in [0.1, 0.15) is 11.6 Å². The van der Waals surface area contributed by atoms with Gasteiger partial charge >= 0.3 is 0 Å². The Morgan fingerprint density at radius 3 is 2.39 bits per heavy atom. The number of nitrogens with two attached hydrogens (primary N) is 4. The van der Waals surface area contributed by atoms with Gasteiger partial charge in [-0.1, -0.05) is 36.8 Å². The molecule has 1 saturated carbocycles. The van der Waals surface area contributed by atoms with Gasteiger partial charge < -0.3 is 21.2 Å². The first-order chi connectivity index (χ1) is 15.8. The molecule has 0 bridgehead atoms. The van der Waals surface area contributed by atoms with Crippen LogP contribution in [-0.4, -0.2) is 40.6 Å². The third kappa shape index (κ3) is 7.10. The number of rotatable bonds is 9. The average Bonchev–Trinajstić information content (AvgIpc) is 2.79. The van der Waals surface area contributed by atoms with Gasteiger partial charge in [0.05, 0.1) is 35.4 Å². The van der Waals surface area contributed by atoms with Crippen LogP contribution in [0.4, 0.5) is 0 Å². The molecule has 9 heteroatoms. The topological polar surface area (TPSA) is 145 Å². The van der Waals surface area contributed by atoms with E-state index in [1.54, 1.807) is 7.05 Å². The number of ether oxygens (including phenoxy) is 1. The zero-order valence-electron chi connectivity index (χ0n) is 19.6. The number of likely N-dealkylation sites (N-methyl/N-ethyl adjacent to an activating group) is 1. The lowest BCUT2D eigenvalue weighted by Gasteiger charge is -2.25. The summed E-state index contributed by atoms with van der Waals surface area (Å²) >= 11 is 0. The molecule has 0 spiro atoms. The van der Waals surface area contributed by atoms with Gasteiger partial charge in [0, 0.05) is 13.5 Å². The molecule has 1 heterocycles. The minimum Gasteiger partial charge on any atom is -0.489 e. The molecule has 8 N–H and O–H groups in total. The summed E-state index contributed by atoms with van der Waals surface area (Å²) in [5.41, 5.74) is 15.9. The highest BCUT2D eigenvalue weighted by Gasteiger charge is 2.18. The Labute approximate surface area is 196 Å². The molecule has 1 fully saturated rings. The third-order valence-corrected chi connectivity index (χ3v) is 5.69. The molecule has 0 aliphatic heterocycles. The number of pyridine rings is 1. The Hall–Kier alpha value is -3.30. The molecule has 1 aliphatic rings. The quantitative estimate of drug-likeness (QED) is 0.196. The normalized spacial score (nSPS) is 15.7. The Bertz CT molecular complexity index is 968. The van der Waals surface area contributed by atoms with Crippen molar-refractivity contribution in [3.63, 3.8) is 0 Å². The summed E-state index contributed by atoms with van der Waals surface area (Å²) in [4.78, 5) is 4.66. The summed E-state index contributed by atoms with van der Waals surface area (Å²) in [6.07, 6.45) is 6.64. The van der Waals surface area contributed by atoms with Crippen LogP contribution in [0.1, 0.15) is 49.1 Å². The van der Waals surface area contributed by atoms with Crippen LogP contribution in [-0.2, 0) is 6.42 Å². The lowest BCUT2D eigenvalue weighted by atomic mass is 9.98. The maximum atomic E-state index is 6.44. The summed E-state index contributed by atoms with van der Waals surface area (Å²) in [7, 11) is 1.69. The van der Waals surface area contributed by atoms with E-state index in [0.717, 1.165) is 29.8 Å². The number of hydrogen-bond acceptors (Lipinski definition) is 8. The molecule has 1 aliphatic carbocycles. The predicted octanol–water partition coefficient (Wildman–Crippen LogP) is 2.22. The Morgan fingerprint density at radius 2 is 1.76 bits per heavy atom. The molecule has 0 unspecified atom stereocenters. The summed E-state index contributed by atoms with van der Waals surface area (Å²) in [5.74, 6) is 13.3. The zero-order chi connectivity index (χ0) is 23.8. The van der Waals surface area contributed by atoms with Crippen molar-refractivity contribution in [3.8, 4) is 5.75 Å². The van der Waals surface area contributed by atoms with Crippen LogP contribution in [0.5, 0.6) is 5.75 Å². The summed E-state index contributed by atoms with van der Waals surface area (Å²) < 4.78 is 6.17. The third-order valence-electron chi connectivity index (χ3n) is 5.69. The Kier molecular flexibility index (Phi) is 8.51. The molecule has 9 nitrogen and oxygen atoms in total. The Balaban J connectivity index is 1.72. The second kappa shape index (κ2) is 11.5. The van der Waals surface area contributed by atoms with Crippen LogP contribution >= 0.6 is 0 Å². The SMILES string of the molecule is Cc1nc(/C(N)=C(\CN(N)/N=C(\N)Cc2ccccc2)N(C)N)ccc1OC1CCCCC1. The van der Waals surface area contributed by atoms with Crippen LogP contribution in [0.25, 0.3) is 5.70 Å². The number of hydrazone groups is 1. The van der Waals surface area contributed by atoms with E-state index in [4.69, 9.17) is 27.9 Å². The molecule has 3 rings (SSSR count). The van der Waals surface area contributed by atoms with Crippen molar-refractivity contribution >= 4 is 11.5 Å². The van der Waals surface area contributed by atoms with Gasteiger partial charge in [-0.05, 0) is 50.3 Å². The molecular formula is C24H36N8O. The van der Waals surface area contributed by atoms with Crippen LogP contribution in [0, 0.1) is 6.92 Å². The first-order valence-corrected chi connectivity index (χ1v) is 11.3. The van der Waals surface area contributed by atoms with E-state index in [9.17, 15) is 0 Å². The fourth-order valence-corrected chi connectivity index (χ4v) is 3.91. The van der Waals surface area contributed by atoms with E-state index in [0.29, 0.717) is 29.3 Å². The first kappa shape index (κ1) is 24.3. The molecule has 1 aromatic carbocycles. The standard InChI is InChI=1S/C24H36N8O/c1-17-22(33-19-11-7-4-8-12-19)14-13-20(29-17)24(26)21(31(2)27)16-32(28)30-23(25)15-18-9-5-3-6-10-18/h3,5-6,9-10,13-14,19H,4,7-8,11-12,15-16,26-28H2,1-2H3,(H2,25,30)/b24-21-. The van der Waals surface area contributed by atoms with Crippen molar-refractivity contribution in [2.45, 2.75) is 51.6 Å². The number of nitrogens with zero attached hydrogens (tertiary/aromatic N) is 4. The van der Waals surface area contributed by atoms with Crippen LogP contribution in [0.15, 0.2) is 53.3 Å². The van der Waals surface area contributed by atoms with Crippen molar-refractivity contribution < 1.29 is 4.74 Å². The van der Waals surface area contributed by atoms with Gasteiger partial charge in [0.2, 0.25) is 0 Å². The number of benzene rings is 1. The van der Waals surface area contributed by atoms with E-state index in [1.807, 2.05) is 49.4 Å². The van der Waals surface area contributed by atoms with Gasteiger partial charge in [0.25, 0.3) is 0 Å². The Morgan fingerprint density at radius 1 is 1.06 bits per heavy atom. The molecule has 0 radical (unpaired) electrons. The highest BCUT2D eigenvalue weighted by atomic mass is 16.5. The van der Waals surface area contributed by atoms with Gasteiger partial charge in [-0.25, -0.2) is 21.8 Å². The molecule has 2 aromatic rings. The fourth-order valence-electron chi connectivity index (χ4n) is 3.91. The zero-order valence-corrected chi connectivity index (χ0v) is 19.6. The predicted molar refractivity (Wildman–Crippen MR) is 132 cm³/mol. The monoisotopic (exact) mass is 452 g/mol. The number of hydrogen-bond donors (Lipinski definition) is 4. The summed E-state index contributed by atoms with van der Waals surface area (Å²) in [6, 6.07) is 13.6. The summed E-state index contributed by atoms with van der Waals surface area (Å²) in [6.45, 7) is 2.08. The van der Waals surface area contributed by atoms with E-state index in [1.165, 1.54) is 29.4 Å². The molecule has 33 heavy (non-hydrogen) atoms. The molecule has 0 saturated heterocycles. The first-order valence-electron chi connectivity index (χ1n) is 11.3. The number of aryl methyl sites for hydroxylation is 1. The number of amidine groups is 1. The minimum atomic E-state index is 0.162. The van der Waals surface area contributed by atoms with Crippen molar-refractivity contribution in [2.75, 3.05) is 13.6 Å². The van der Waals surface area contributed by atoms with Gasteiger partial charge in [0.15, 0.2) is 0 Å². The highest BCUT2D eigenvalue weighted by molar-refractivity contribution is 5.82. The average molecular weight is 453 g/mol. The van der Waals surface area contributed by atoms with Gasteiger partial charge in [-0.2, -0.15) is 0 Å². The van der Waals surface area contributed by atoms with E-state index in [-0.39, 0.29) is 12.6 Å². The maximum Gasteiger partial charge on any atom is 0.140 e. The van der Waals surface area contributed by atoms with E-state index >= 15 is 0 Å². The van der Waals surface area contributed by atoms with Gasteiger partial charge in [-0.3, -0.25) is 0 Å². The summed E-state index contributed by atoms with van der Waals surface area (Å²) in [5, 5.41) is 6.91. The van der Waals surface area contributed by atoms with E-state index < -0.39 is 0 Å². The van der Waals surface area contributed by atoms with Crippen molar-refractivity contribution in [2.24, 2.45) is 28.3 Å². The molecule has 0 amide bonds. The molecular weight excluding hydrogens is 416 g/mol. The van der Waals surface area contributed by atoms with E-state index in [2.05, 4.69) is 10.1 Å². The second-order valence-electron chi connectivity index (χ2n) is 8.48. The van der Waals surface area contributed by atoms with Crippen LogP contribution in [0.2, 0.25) is 0 Å². The molecule has 178 valence electrons. The van der Waals surface area contributed by atoms with Gasteiger partial charge in [-0.15, -0.1) is 5.10 Å².